The van der Waals surface area contributed by atoms with Crippen LogP contribution in [0.3, 0.4) is 0 Å². The van der Waals surface area contributed by atoms with Gasteiger partial charge in [0.25, 0.3) is 5.91 Å². The summed E-state index contributed by atoms with van der Waals surface area (Å²) in [6.45, 7) is 3.97. The molecule has 3 N–H and O–H groups in total. The highest BCUT2D eigenvalue weighted by atomic mass is 32.1. The standard InChI is InChI=1S/C15H18N4OS/c1-10-5-4-6-11(9-10)17-14(20)12-13(16)18-15(21-12)19-7-2-3-8-19/h4-6,9H,2-3,7-8,16H2,1H3,(H,17,20). The third kappa shape index (κ3) is 3.00. The number of aromatic nitrogens is 1. The molecule has 1 aromatic heterocycles. The monoisotopic (exact) mass is 302 g/mol. The smallest absolute Gasteiger partial charge is 0.269 e. The Balaban J connectivity index is 1.78. The molecule has 110 valence electrons. The van der Waals surface area contributed by atoms with Crippen molar-refractivity contribution in [1.82, 2.24) is 4.98 Å². The molecule has 5 nitrogen and oxygen atoms in total. The zero-order chi connectivity index (χ0) is 14.8. The van der Waals surface area contributed by atoms with Gasteiger partial charge in [-0.05, 0) is 37.5 Å². The molecule has 0 unspecified atom stereocenters. The number of carbonyl (C=O) groups excluding carboxylic acids is 1. The van der Waals surface area contributed by atoms with Crippen molar-refractivity contribution in [2.24, 2.45) is 0 Å². The molecular formula is C15H18N4OS. The summed E-state index contributed by atoms with van der Waals surface area (Å²) in [7, 11) is 0. The van der Waals surface area contributed by atoms with Crippen LogP contribution in [0.1, 0.15) is 28.1 Å². The molecule has 0 spiro atoms. The number of nitrogens with zero attached hydrogens (tertiary/aromatic N) is 2. The Bertz CT molecular complexity index is 661. The Kier molecular flexibility index (Phi) is 3.79. The largest absolute Gasteiger partial charge is 0.382 e. The van der Waals surface area contributed by atoms with E-state index in [0.717, 1.165) is 29.5 Å². The minimum Gasteiger partial charge on any atom is -0.382 e. The summed E-state index contributed by atoms with van der Waals surface area (Å²) in [5.41, 5.74) is 7.78. The van der Waals surface area contributed by atoms with E-state index in [2.05, 4.69) is 15.2 Å². The maximum absolute atomic E-state index is 12.3. The van der Waals surface area contributed by atoms with E-state index in [1.165, 1.54) is 24.2 Å². The highest BCUT2D eigenvalue weighted by Gasteiger charge is 2.21. The first-order chi connectivity index (χ1) is 10.1. The average molecular weight is 302 g/mol. The number of nitrogen functional groups attached to an aromatic ring is 1. The van der Waals surface area contributed by atoms with Crippen molar-refractivity contribution < 1.29 is 4.79 Å². The zero-order valence-electron chi connectivity index (χ0n) is 11.9. The normalized spacial score (nSPS) is 14.4. The van der Waals surface area contributed by atoms with Gasteiger partial charge in [0.15, 0.2) is 5.13 Å². The zero-order valence-corrected chi connectivity index (χ0v) is 12.7. The van der Waals surface area contributed by atoms with E-state index in [0.29, 0.717) is 10.7 Å². The third-order valence-corrected chi connectivity index (χ3v) is 4.63. The van der Waals surface area contributed by atoms with Crippen LogP contribution in [0, 0.1) is 6.92 Å². The van der Waals surface area contributed by atoms with Gasteiger partial charge in [0, 0.05) is 18.8 Å². The highest BCUT2D eigenvalue weighted by Crippen LogP contribution is 2.30. The first-order valence-electron chi connectivity index (χ1n) is 7.03. The minimum absolute atomic E-state index is 0.193. The molecule has 1 fully saturated rings. The number of anilines is 3. The van der Waals surface area contributed by atoms with Crippen LogP contribution in [0.2, 0.25) is 0 Å². The molecule has 21 heavy (non-hydrogen) atoms. The van der Waals surface area contributed by atoms with Crippen LogP contribution in [0.25, 0.3) is 0 Å². The fourth-order valence-electron chi connectivity index (χ4n) is 2.44. The van der Waals surface area contributed by atoms with E-state index < -0.39 is 0 Å². The van der Waals surface area contributed by atoms with Crippen molar-refractivity contribution in [3.63, 3.8) is 0 Å². The molecular weight excluding hydrogens is 284 g/mol. The predicted octanol–water partition coefficient (Wildman–Crippen LogP) is 2.89. The van der Waals surface area contributed by atoms with Gasteiger partial charge in [-0.15, -0.1) is 0 Å². The number of amides is 1. The van der Waals surface area contributed by atoms with Crippen LogP contribution in [-0.2, 0) is 0 Å². The van der Waals surface area contributed by atoms with Crippen molar-refractivity contribution >= 4 is 33.9 Å². The summed E-state index contributed by atoms with van der Waals surface area (Å²) in [5, 5.41) is 3.72. The van der Waals surface area contributed by atoms with E-state index in [-0.39, 0.29) is 5.91 Å². The second-order valence-corrected chi connectivity index (χ2v) is 6.21. The van der Waals surface area contributed by atoms with E-state index in [9.17, 15) is 4.79 Å². The van der Waals surface area contributed by atoms with Crippen LogP contribution >= 0.6 is 11.3 Å². The Morgan fingerprint density at radius 3 is 2.86 bits per heavy atom. The predicted molar refractivity (Wildman–Crippen MR) is 87.1 cm³/mol. The van der Waals surface area contributed by atoms with Gasteiger partial charge in [0.2, 0.25) is 0 Å². The maximum Gasteiger partial charge on any atom is 0.269 e. The summed E-state index contributed by atoms with van der Waals surface area (Å²) < 4.78 is 0. The number of aryl methyl sites for hydroxylation is 1. The molecule has 0 aliphatic carbocycles. The van der Waals surface area contributed by atoms with Crippen LogP contribution < -0.4 is 16.0 Å². The van der Waals surface area contributed by atoms with Crippen LogP contribution in [0.4, 0.5) is 16.6 Å². The molecule has 3 rings (SSSR count). The lowest BCUT2D eigenvalue weighted by atomic mass is 10.2. The Morgan fingerprint density at radius 1 is 1.38 bits per heavy atom. The second-order valence-electron chi connectivity index (χ2n) is 5.23. The molecule has 1 amide bonds. The van der Waals surface area contributed by atoms with Crippen molar-refractivity contribution in [2.75, 3.05) is 29.0 Å². The maximum atomic E-state index is 12.3. The molecule has 2 aromatic rings. The molecule has 1 saturated heterocycles. The number of hydrogen-bond donors (Lipinski definition) is 2. The highest BCUT2D eigenvalue weighted by molar-refractivity contribution is 7.18. The molecule has 1 aromatic carbocycles. The Labute approximate surface area is 127 Å². The first kappa shape index (κ1) is 13.9. The number of hydrogen-bond acceptors (Lipinski definition) is 5. The van der Waals surface area contributed by atoms with Gasteiger partial charge in [-0.25, -0.2) is 4.98 Å². The topological polar surface area (TPSA) is 71.2 Å². The number of nitrogens with two attached hydrogens (primary N) is 1. The summed E-state index contributed by atoms with van der Waals surface area (Å²) in [6, 6.07) is 7.69. The average Bonchev–Trinajstić information content (AvgIpc) is 3.07. The van der Waals surface area contributed by atoms with E-state index in [1.54, 1.807) is 0 Å². The molecule has 0 bridgehead atoms. The van der Waals surface area contributed by atoms with Gasteiger partial charge >= 0.3 is 0 Å². The Morgan fingerprint density at radius 2 is 2.14 bits per heavy atom. The van der Waals surface area contributed by atoms with E-state index in [1.807, 2.05) is 31.2 Å². The lowest BCUT2D eigenvalue weighted by Crippen LogP contribution is -2.17. The van der Waals surface area contributed by atoms with Crippen LogP contribution in [-0.4, -0.2) is 24.0 Å². The SMILES string of the molecule is Cc1cccc(NC(=O)c2sc(N3CCCC3)nc2N)c1. The first-order valence-corrected chi connectivity index (χ1v) is 7.84. The van der Waals surface area contributed by atoms with Crippen molar-refractivity contribution in [1.29, 1.82) is 0 Å². The molecule has 0 saturated carbocycles. The number of benzene rings is 1. The third-order valence-electron chi connectivity index (χ3n) is 3.50. The van der Waals surface area contributed by atoms with Crippen molar-refractivity contribution in [3.05, 3.63) is 34.7 Å². The lowest BCUT2D eigenvalue weighted by molar-refractivity contribution is 0.103. The molecule has 6 heteroatoms. The number of carbonyl (C=O) groups is 1. The van der Waals surface area contributed by atoms with Gasteiger partial charge in [0.1, 0.15) is 10.7 Å². The van der Waals surface area contributed by atoms with Gasteiger partial charge < -0.3 is 16.0 Å². The van der Waals surface area contributed by atoms with Crippen molar-refractivity contribution in [3.8, 4) is 0 Å². The molecule has 0 atom stereocenters. The summed E-state index contributed by atoms with van der Waals surface area (Å²) in [6.07, 6.45) is 2.34. The molecule has 2 heterocycles. The van der Waals surface area contributed by atoms with E-state index >= 15 is 0 Å². The summed E-state index contributed by atoms with van der Waals surface area (Å²) in [4.78, 5) is 19.3. The number of rotatable bonds is 3. The van der Waals surface area contributed by atoms with Gasteiger partial charge in [0.05, 0.1) is 0 Å². The summed E-state index contributed by atoms with van der Waals surface area (Å²) >= 11 is 1.37. The Hall–Kier alpha value is -2.08. The fraction of sp³-hybridized carbons (Fsp3) is 0.333. The molecule has 1 aliphatic heterocycles. The van der Waals surface area contributed by atoms with Crippen molar-refractivity contribution in [2.45, 2.75) is 19.8 Å². The minimum atomic E-state index is -0.193. The number of nitrogens with one attached hydrogen (secondary N) is 1. The quantitative estimate of drug-likeness (QED) is 0.914. The van der Waals surface area contributed by atoms with E-state index in [4.69, 9.17) is 5.73 Å². The molecule has 1 aliphatic rings. The summed E-state index contributed by atoms with van der Waals surface area (Å²) in [5.74, 6) is 0.119. The van der Waals surface area contributed by atoms with Gasteiger partial charge in [-0.2, -0.15) is 0 Å². The van der Waals surface area contributed by atoms with Crippen LogP contribution in [0.5, 0.6) is 0 Å². The molecule has 0 radical (unpaired) electrons. The lowest BCUT2D eigenvalue weighted by Gasteiger charge is -2.11. The van der Waals surface area contributed by atoms with Gasteiger partial charge in [-0.1, -0.05) is 23.5 Å². The van der Waals surface area contributed by atoms with Crippen LogP contribution in [0.15, 0.2) is 24.3 Å². The fourth-order valence-corrected chi connectivity index (χ4v) is 3.37. The number of thiazole rings is 1. The van der Waals surface area contributed by atoms with Gasteiger partial charge in [-0.3, -0.25) is 4.79 Å². The second kappa shape index (κ2) is 5.73.